The van der Waals surface area contributed by atoms with Gasteiger partial charge in [-0.1, -0.05) is 48.5 Å². The molecule has 0 aliphatic heterocycles. The van der Waals surface area contributed by atoms with E-state index >= 15 is 0 Å². The largest absolute Gasteiger partial charge is 0.462 e. The van der Waals surface area contributed by atoms with Crippen LogP contribution in [0.25, 0.3) is 0 Å². The van der Waals surface area contributed by atoms with Crippen molar-refractivity contribution in [2.24, 2.45) is 5.73 Å². The Morgan fingerprint density at radius 1 is 0.952 bits per heavy atom. The van der Waals surface area contributed by atoms with Crippen molar-refractivity contribution in [3.05, 3.63) is 71.3 Å². The van der Waals surface area contributed by atoms with Crippen molar-refractivity contribution in [2.45, 2.75) is 19.3 Å². The maximum absolute atomic E-state index is 12.1. The summed E-state index contributed by atoms with van der Waals surface area (Å²) in [6, 6.07) is 17.7. The second kappa shape index (κ2) is 8.22. The van der Waals surface area contributed by atoms with Crippen LogP contribution in [-0.2, 0) is 17.6 Å². The van der Waals surface area contributed by atoms with E-state index < -0.39 is 0 Å². The van der Waals surface area contributed by atoms with Gasteiger partial charge in [0.2, 0.25) is 0 Å². The Kier molecular flexibility index (Phi) is 5.98. The predicted octanol–water partition coefficient (Wildman–Crippen LogP) is 2.98. The molecule has 0 saturated carbocycles. The fourth-order valence-corrected chi connectivity index (χ4v) is 2.26. The first-order chi connectivity index (χ1) is 10.3. The van der Waals surface area contributed by atoms with Crippen LogP contribution in [0.3, 0.4) is 0 Å². The number of benzene rings is 2. The van der Waals surface area contributed by atoms with Gasteiger partial charge in [-0.3, -0.25) is 0 Å². The van der Waals surface area contributed by atoms with Crippen LogP contribution < -0.4 is 5.73 Å². The second-order valence-electron chi connectivity index (χ2n) is 4.92. The van der Waals surface area contributed by atoms with E-state index in [1.54, 1.807) is 6.07 Å². The molecule has 0 amide bonds. The molecular weight excluding hydrogens is 262 g/mol. The van der Waals surface area contributed by atoms with Crippen molar-refractivity contribution >= 4 is 5.97 Å². The zero-order valence-electron chi connectivity index (χ0n) is 12.1. The molecule has 0 unspecified atom stereocenters. The molecular formula is C18H21NO2. The zero-order chi connectivity index (χ0) is 14.9. The summed E-state index contributed by atoms with van der Waals surface area (Å²) >= 11 is 0. The first-order valence-electron chi connectivity index (χ1n) is 7.30. The molecule has 0 aromatic heterocycles. The molecule has 21 heavy (non-hydrogen) atoms. The monoisotopic (exact) mass is 283 g/mol. The minimum Gasteiger partial charge on any atom is -0.462 e. The van der Waals surface area contributed by atoms with E-state index in [9.17, 15) is 4.79 Å². The molecule has 0 bridgehead atoms. The first-order valence-corrected chi connectivity index (χ1v) is 7.30. The predicted molar refractivity (Wildman–Crippen MR) is 84.2 cm³/mol. The van der Waals surface area contributed by atoms with Gasteiger partial charge in [-0.15, -0.1) is 0 Å². The third-order valence-corrected chi connectivity index (χ3v) is 3.34. The Morgan fingerprint density at radius 2 is 1.67 bits per heavy atom. The lowest BCUT2D eigenvalue weighted by Crippen LogP contribution is -2.12. The highest BCUT2D eigenvalue weighted by Gasteiger charge is 2.11. The Bertz CT molecular complexity index is 566. The summed E-state index contributed by atoms with van der Waals surface area (Å²) in [5.74, 6) is -0.257. The van der Waals surface area contributed by atoms with E-state index in [4.69, 9.17) is 10.5 Å². The quantitative estimate of drug-likeness (QED) is 0.628. The van der Waals surface area contributed by atoms with Gasteiger partial charge in [0.25, 0.3) is 0 Å². The molecule has 3 nitrogen and oxygen atoms in total. The van der Waals surface area contributed by atoms with Gasteiger partial charge >= 0.3 is 5.97 Å². The van der Waals surface area contributed by atoms with Crippen LogP contribution >= 0.6 is 0 Å². The van der Waals surface area contributed by atoms with E-state index in [1.165, 1.54) is 5.56 Å². The topological polar surface area (TPSA) is 52.3 Å². The van der Waals surface area contributed by atoms with Crippen LogP contribution in [-0.4, -0.2) is 19.1 Å². The minimum atomic E-state index is -0.257. The summed E-state index contributed by atoms with van der Waals surface area (Å²) in [6.45, 7) is 0.961. The summed E-state index contributed by atoms with van der Waals surface area (Å²) in [6.07, 6.45) is 2.43. The van der Waals surface area contributed by atoms with Crippen LogP contribution in [0.2, 0.25) is 0 Å². The lowest BCUT2D eigenvalue weighted by atomic mass is 10.0. The Hall–Kier alpha value is -2.13. The minimum absolute atomic E-state index is 0.257. The number of esters is 1. The fourth-order valence-electron chi connectivity index (χ4n) is 2.26. The van der Waals surface area contributed by atoms with Gasteiger partial charge in [-0.05, 0) is 43.0 Å². The molecule has 0 radical (unpaired) electrons. The average Bonchev–Trinajstić information content (AvgIpc) is 2.53. The van der Waals surface area contributed by atoms with E-state index in [0.29, 0.717) is 25.1 Å². The SMILES string of the molecule is NCCc1ccccc1C(=O)OCCCc1ccccc1. The molecule has 0 fully saturated rings. The van der Waals surface area contributed by atoms with Crippen molar-refractivity contribution < 1.29 is 9.53 Å². The molecule has 0 spiro atoms. The number of nitrogens with two attached hydrogens (primary N) is 1. The van der Waals surface area contributed by atoms with Gasteiger partial charge in [-0.25, -0.2) is 4.79 Å². The third kappa shape index (κ3) is 4.72. The molecule has 2 N–H and O–H groups in total. The van der Waals surface area contributed by atoms with E-state index in [1.807, 2.05) is 36.4 Å². The van der Waals surface area contributed by atoms with Crippen molar-refractivity contribution in [2.75, 3.05) is 13.2 Å². The summed E-state index contributed by atoms with van der Waals surface area (Å²) in [5, 5.41) is 0. The van der Waals surface area contributed by atoms with Crippen molar-refractivity contribution in [3.8, 4) is 0 Å². The zero-order valence-corrected chi connectivity index (χ0v) is 12.1. The van der Waals surface area contributed by atoms with Gasteiger partial charge in [0.15, 0.2) is 0 Å². The second-order valence-corrected chi connectivity index (χ2v) is 4.92. The molecule has 2 aromatic carbocycles. The summed E-state index contributed by atoms with van der Waals surface area (Å²) in [7, 11) is 0. The fraction of sp³-hybridized carbons (Fsp3) is 0.278. The third-order valence-electron chi connectivity index (χ3n) is 3.34. The number of aryl methyl sites for hydroxylation is 1. The van der Waals surface area contributed by atoms with Crippen LogP contribution in [0.1, 0.15) is 27.9 Å². The Balaban J connectivity index is 1.82. The number of carbonyl (C=O) groups excluding carboxylic acids is 1. The lowest BCUT2D eigenvalue weighted by molar-refractivity contribution is 0.0499. The maximum atomic E-state index is 12.1. The molecule has 110 valence electrons. The van der Waals surface area contributed by atoms with Gasteiger partial charge in [0.05, 0.1) is 12.2 Å². The van der Waals surface area contributed by atoms with E-state index in [2.05, 4.69) is 12.1 Å². The maximum Gasteiger partial charge on any atom is 0.338 e. The van der Waals surface area contributed by atoms with E-state index in [0.717, 1.165) is 18.4 Å². The number of rotatable bonds is 7. The molecule has 0 aliphatic carbocycles. The van der Waals surface area contributed by atoms with E-state index in [-0.39, 0.29) is 5.97 Å². The van der Waals surface area contributed by atoms with Crippen LogP contribution in [0.5, 0.6) is 0 Å². The number of ether oxygens (including phenoxy) is 1. The van der Waals surface area contributed by atoms with Crippen molar-refractivity contribution in [3.63, 3.8) is 0 Å². The van der Waals surface area contributed by atoms with Gasteiger partial charge in [0.1, 0.15) is 0 Å². The van der Waals surface area contributed by atoms with Crippen LogP contribution in [0.15, 0.2) is 54.6 Å². The highest BCUT2D eigenvalue weighted by molar-refractivity contribution is 5.91. The molecule has 3 heteroatoms. The molecule has 0 saturated heterocycles. The van der Waals surface area contributed by atoms with Gasteiger partial charge in [0, 0.05) is 0 Å². The molecule has 0 aliphatic rings. The van der Waals surface area contributed by atoms with Crippen molar-refractivity contribution in [1.29, 1.82) is 0 Å². The van der Waals surface area contributed by atoms with Gasteiger partial charge < -0.3 is 10.5 Å². The smallest absolute Gasteiger partial charge is 0.338 e. The lowest BCUT2D eigenvalue weighted by Gasteiger charge is -2.09. The summed E-state index contributed by atoms with van der Waals surface area (Å²) < 4.78 is 5.36. The number of hydrogen-bond acceptors (Lipinski definition) is 3. The Morgan fingerprint density at radius 3 is 2.43 bits per heavy atom. The van der Waals surface area contributed by atoms with Gasteiger partial charge in [-0.2, -0.15) is 0 Å². The summed E-state index contributed by atoms with van der Waals surface area (Å²) in [4.78, 5) is 12.1. The molecule has 2 rings (SSSR count). The standard InChI is InChI=1S/C18H21NO2/c19-13-12-16-10-4-5-11-17(16)18(20)21-14-6-9-15-7-2-1-3-8-15/h1-5,7-8,10-11H,6,9,12-14,19H2. The normalized spacial score (nSPS) is 10.3. The summed E-state index contributed by atoms with van der Waals surface area (Å²) in [5.41, 5.74) is 8.40. The average molecular weight is 283 g/mol. The van der Waals surface area contributed by atoms with Crippen LogP contribution in [0, 0.1) is 0 Å². The Labute approximate surface area is 125 Å². The molecule has 0 atom stereocenters. The number of carbonyl (C=O) groups is 1. The molecule has 0 heterocycles. The highest BCUT2D eigenvalue weighted by atomic mass is 16.5. The highest BCUT2D eigenvalue weighted by Crippen LogP contribution is 2.11. The first kappa shape index (κ1) is 15.3. The molecule has 2 aromatic rings. The van der Waals surface area contributed by atoms with Crippen molar-refractivity contribution in [1.82, 2.24) is 0 Å². The van der Waals surface area contributed by atoms with Crippen LogP contribution in [0.4, 0.5) is 0 Å². The number of hydrogen-bond donors (Lipinski definition) is 1.